The number of aryl methyl sites for hydroxylation is 1. The number of hydroxylamine groups is 2. The van der Waals surface area contributed by atoms with Gasteiger partial charge in [-0.05, 0) is 23.1 Å². The zero-order chi connectivity index (χ0) is 15.2. The number of guanidine groups is 1. The van der Waals surface area contributed by atoms with Gasteiger partial charge in [0, 0.05) is 37.8 Å². The molecule has 1 aliphatic carbocycles. The fourth-order valence-electron chi connectivity index (χ4n) is 3.15. The average Bonchev–Trinajstić information content (AvgIpc) is 2.81. The van der Waals surface area contributed by atoms with Gasteiger partial charge in [0.2, 0.25) is 5.96 Å². The first-order chi connectivity index (χ1) is 10.7. The third kappa shape index (κ3) is 2.12. The number of nitrogens with zero attached hydrogens (tertiary/aromatic N) is 4. The summed E-state index contributed by atoms with van der Waals surface area (Å²) in [5.74, 6) is 0.446. The normalized spacial score (nSPS) is 23.5. The van der Waals surface area contributed by atoms with Crippen molar-refractivity contribution in [3.05, 3.63) is 48.0 Å². The lowest BCUT2D eigenvalue weighted by Gasteiger charge is -2.31. The highest BCUT2D eigenvalue weighted by molar-refractivity contribution is 5.78. The summed E-state index contributed by atoms with van der Waals surface area (Å²) in [6.45, 7) is 0. The van der Waals surface area contributed by atoms with Crippen LogP contribution < -0.4 is 5.73 Å². The third-order valence-electron chi connectivity index (χ3n) is 4.30. The summed E-state index contributed by atoms with van der Waals surface area (Å²) in [6.07, 6.45) is 7.71. The Hall–Kier alpha value is -2.47. The standard InChI is InChI=1S/C16H17N5O/c1-21-15(17)20-16(22-21)5-4-12-6-11(2-3-13(12)7-16)14-8-18-10-19-9-14/h2-3,6,8-10H,4-5,7H2,1H3,(H2,17,20). The molecule has 1 aliphatic heterocycles. The molecule has 0 amide bonds. The summed E-state index contributed by atoms with van der Waals surface area (Å²) in [6, 6.07) is 6.46. The van der Waals surface area contributed by atoms with Crippen molar-refractivity contribution in [3.8, 4) is 11.1 Å². The Balaban J connectivity index is 1.65. The van der Waals surface area contributed by atoms with E-state index in [4.69, 9.17) is 10.6 Å². The first-order valence-electron chi connectivity index (χ1n) is 7.31. The van der Waals surface area contributed by atoms with E-state index in [-0.39, 0.29) is 0 Å². The van der Waals surface area contributed by atoms with E-state index >= 15 is 0 Å². The van der Waals surface area contributed by atoms with Crippen LogP contribution in [0.15, 0.2) is 41.9 Å². The molecule has 6 heteroatoms. The Bertz CT molecular complexity index is 745. The first-order valence-corrected chi connectivity index (χ1v) is 7.31. The fourth-order valence-corrected chi connectivity index (χ4v) is 3.15. The number of aliphatic imine (C=N–C) groups is 1. The van der Waals surface area contributed by atoms with Gasteiger partial charge in [-0.15, -0.1) is 0 Å². The van der Waals surface area contributed by atoms with E-state index in [1.807, 2.05) is 12.4 Å². The average molecular weight is 295 g/mol. The Morgan fingerprint density at radius 2 is 2.00 bits per heavy atom. The molecule has 1 spiro atoms. The van der Waals surface area contributed by atoms with Gasteiger partial charge in [-0.25, -0.2) is 24.9 Å². The Kier molecular flexibility index (Phi) is 2.87. The predicted octanol–water partition coefficient (Wildman–Crippen LogP) is 1.52. The lowest BCUT2D eigenvalue weighted by Crippen LogP contribution is -2.37. The summed E-state index contributed by atoms with van der Waals surface area (Å²) < 4.78 is 0. The second-order valence-electron chi connectivity index (χ2n) is 5.79. The van der Waals surface area contributed by atoms with Gasteiger partial charge >= 0.3 is 0 Å². The number of rotatable bonds is 1. The van der Waals surface area contributed by atoms with Crippen LogP contribution in [0.1, 0.15) is 17.5 Å². The summed E-state index contributed by atoms with van der Waals surface area (Å²) in [5.41, 5.74) is 10.1. The van der Waals surface area contributed by atoms with E-state index in [1.54, 1.807) is 18.4 Å². The summed E-state index contributed by atoms with van der Waals surface area (Å²) in [7, 11) is 1.79. The molecule has 22 heavy (non-hydrogen) atoms. The molecule has 0 saturated heterocycles. The predicted molar refractivity (Wildman–Crippen MR) is 82.7 cm³/mol. The highest BCUT2D eigenvalue weighted by Gasteiger charge is 2.41. The van der Waals surface area contributed by atoms with Crippen LogP contribution in [-0.4, -0.2) is 33.8 Å². The molecular weight excluding hydrogens is 278 g/mol. The van der Waals surface area contributed by atoms with Crippen LogP contribution in [0.4, 0.5) is 0 Å². The number of hydrogen-bond acceptors (Lipinski definition) is 6. The molecular formula is C16H17N5O. The van der Waals surface area contributed by atoms with Crippen molar-refractivity contribution in [2.45, 2.75) is 25.0 Å². The van der Waals surface area contributed by atoms with Crippen LogP contribution in [0, 0.1) is 0 Å². The van der Waals surface area contributed by atoms with E-state index in [0.29, 0.717) is 5.96 Å². The van der Waals surface area contributed by atoms with Crippen LogP contribution in [0.5, 0.6) is 0 Å². The van der Waals surface area contributed by atoms with E-state index in [1.165, 1.54) is 11.1 Å². The first kappa shape index (κ1) is 13.2. The molecule has 112 valence electrons. The van der Waals surface area contributed by atoms with Crippen LogP contribution >= 0.6 is 0 Å². The van der Waals surface area contributed by atoms with Crippen molar-refractivity contribution in [3.63, 3.8) is 0 Å². The number of hydrogen-bond donors (Lipinski definition) is 1. The molecule has 2 aromatic rings. The molecule has 0 saturated carbocycles. The molecule has 0 fully saturated rings. The number of benzene rings is 1. The highest BCUT2D eigenvalue weighted by Crippen LogP contribution is 2.37. The molecule has 2 aliphatic rings. The Labute approximate surface area is 128 Å². The van der Waals surface area contributed by atoms with Gasteiger partial charge in [-0.1, -0.05) is 18.2 Å². The molecule has 1 unspecified atom stereocenters. The highest BCUT2D eigenvalue weighted by atomic mass is 16.7. The third-order valence-corrected chi connectivity index (χ3v) is 4.30. The lowest BCUT2D eigenvalue weighted by molar-refractivity contribution is -0.171. The molecule has 2 heterocycles. The van der Waals surface area contributed by atoms with Crippen molar-refractivity contribution >= 4 is 5.96 Å². The van der Waals surface area contributed by atoms with Gasteiger partial charge in [-0.2, -0.15) is 0 Å². The maximum atomic E-state index is 5.86. The largest absolute Gasteiger partial charge is 0.368 e. The van der Waals surface area contributed by atoms with Crippen molar-refractivity contribution in [2.24, 2.45) is 10.7 Å². The van der Waals surface area contributed by atoms with Gasteiger partial charge in [0.25, 0.3) is 0 Å². The molecule has 1 aromatic heterocycles. The zero-order valence-electron chi connectivity index (χ0n) is 12.4. The Morgan fingerprint density at radius 1 is 1.18 bits per heavy atom. The van der Waals surface area contributed by atoms with E-state index in [2.05, 4.69) is 33.2 Å². The summed E-state index contributed by atoms with van der Waals surface area (Å²) in [5, 5.41) is 1.56. The second-order valence-corrected chi connectivity index (χ2v) is 5.79. The lowest BCUT2D eigenvalue weighted by atomic mass is 9.84. The smallest absolute Gasteiger partial charge is 0.218 e. The number of nitrogens with two attached hydrogens (primary N) is 1. The monoisotopic (exact) mass is 295 g/mol. The minimum Gasteiger partial charge on any atom is -0.368 e. The number of aromatic nitrogens is 2. The van der Waals surface area contributed by atoms with Crippen molar-refractivity contribution < 1.29 is 4.84 Å². The zero-order valence-corrected chi connectivity index (χ0v) is 12.4. The van der Waals surface area contributed by atoms with E-state index in [0.717, 1.165) is 30.4 Å². The molecule has 1 aromatic carbocycles. The minimum atomic E-state index is -0.525. The van der Waals surface area contributed by atoms with Crippen LogP contribution in [0.2, 0.25) is 0 Å². The van der Waals surface area contributed by atoms with Gasteiger partial charge < -0.3 is 5.73 Å². The molecule has 6 nitrogen and oxygen atoms in total. The molecule has 0 radical (unpaired) electrons. The van der Waals surface area contributed by atoms with Gasteiger partial charge in [0.15, 0.2) is 5.72 Å². The van der Waals surface area contributed by atoms with E-state index < -0.39 is 5.72 Å². The van der Waals surface area contributed by atoms with Gasteiger partial charge in [0.05, 0.1) is 0 Å². The molecule has 1 atom stereocenters. The molecule has 2 N–H and O–H groups in total. The topological polar surface area (TPSA) is 76.6 Å². The van der Waals surface area contributed by atoms with Crippen molar-refractivity contribution in [1.29, 1.82) is 0 Å². The quantitative estimate of drug-likeness (QED) is 0.863. The van der Waals surface area contributed by atoms with Gasteiger partial charge in [-0.3, -0.25) is 0 Å². The second kappa shape index (κ2) is 4.78. The van der Waals surface area contributed by atoms with Crippen LogP contribution in [-0.2, 0) is 17.7 Å². The molecule has 0 bridgehead atoms. The maximum absolute atomic E-state index is 5.86. The summed E-state index contributed by atoms with van der Waals surface area (Å²) in [4.78, 5) is 18.5. The SMILES string of the molecule is CN1OC2(CCc3cc(-c4cncnc4)ccc3C2)N=C1N. The maximum Gasteiger partial charge on any atom is 0.218 e. The summed E-state index contributed by atoms with van der Waals surface area (Å²) >= 11 is 0. The van der Waals surface area contributed by atoms with E-state index in [9.17, 15) is 0 Å². The van der Waals surface area contributed by atoms with Crippen molar-refractivity contribution in [2.75, 3.05) is 7.05 Å². The van der Waals surface area contributed by atoms with Gasteiger partial charge in [0.1, 0.15) is 6.33 Å². The Morgan fingerprint density at radius 3 is 2.73 bits per heavy atom. The van der Waals surface area contributed by atoms with Crippen LogP contribution in [0.3, 0.4) is 0 Å². The van der Waals surface area contributed by atoms with Crippen LogP contribution in [0.25, 0.3) is 11.1 Å². The van der Waals surface area contributed by atoms with Crippen molar-refractivity contribution in [1.82, 2.24) is 15.0 Å². The fraction of sp³-hybridized carbons (Fsp3) is 0.312. The number of fused-ring (bicyclic) bond motifs is 1. The minimum absolute atomic E-state index is 0.446. The molecule has 4 rings (SSSR count).